The van der Waals surface area contributed by atoms with Crippen LogP contribution >= 0.6 is 11.6 Å². The predicted molar refractivity (Wildman–Crippen MR) is 82.9 cm³/mol. The first-order valence-corrected chi connectivity index (χ1v) is 7.25. The molecule has 1 heterocycles. The fourth-order valence-corrected chi connectivity index (χ4v) is 2.32. The molecular formula is C15H20BClO4. The van der Waals surface area contributed by atoms with Gasteiger partial charge in [0, 0.05) is 5.02 Å². The quantitative estimate of drug-likeness (QED) is 0.635. The summed E-state index contributed by atoms with van der Waals surface area (Å²) in [6, 6.07) is 5.33. The molecule has 1 aliphatic rings. The maximum Gasteiger partial charge on any atom is 0.495 e. The number of hydrogen-bond donors (Lipinski definition) is 0. The fourth-order valence-electron chi connectivity index (χ4n) is 2.14. The summed E-state index contributed by atoms with van der Waals surface area (Å²) in [6.07, 6.45) is 0.160. The molecule has 21 heavy (non-hydrogen) atoms. The molecule has 1 aromatic rings. The SMILES string of the molecule is COC(=O)Cc1ccc(Cl)cc1B1OC(C)(C)C(C)(C)O1. The van der Waals surface area contributed by atoms with Gasteiger partial charge in [-0.05, 0) is 50.9 Å². The van der Waals surface area contributed by atoms with E-state index in [2.05, 4.69) is 0 Å². The van der Waals surface area contributed by atoms with E-state index in [4.69, 9.17) is 25.6 Å². The smallest absolute Gasteiger partial charge is 0.469 e. The van der Waals surface area contributed by atoms with Gasteiger partial charge in [0.2, 0.25) is 0 Å². The molecule has 4 nitrogen and oxygen atoms in total. The van der Waals surface area contributed by atoms with E-state index in [9.17, 15) is 4.79 Å². The van der Waals surface area contributed by atoms with Crippen molar-refractivity contribution in [3.05, 3.63) is 28.8 Å². The Kier molecular flexibility index (Phi) is 4.38. The van der Waals surface area contributed by atoms with Gasteiger partial charge >= 0.3 is 13.1 Å². The molecule has 0 aromatic heterocycles. The largest absolute Gasteiger partial charge is 0.495 e. The number of carbonyl (C=O) groups excluding carboxylic acids is 1. The Balaban J connectivity index is 2.35. The lowest BCUT2D eigenvalue weighted by atomic mass is 9.75. The second-order valence-corrected chi connectivity index (χ2v) is 6.62. The summed E-state index contributed by atoms with van der Waals surface area (Å²) in [4.78, 5) is 11.6. The van der Waals surface area contributed by atoms with E-state index in [1.165, 1.54) is 7.11 Å². The number of benzene rings is 1. The molecule has 1 saturated heterocycles. The molecule has 0 saturated carbocycles. The van der Waals surface area contributed by atoms with E-state index in [-0.39, 0.29) is 12.4 Å². The Morgan fingerprint density at radius 2 is 1.81 bits per heavy atom. The van der Waals surface area contributed by atoms with Crippen LogP contribution in [0.1, 0.15) is 33.3 Å². The van der Waals surface area contributed by atoms with Gasteiger partial charge in [-0.3, -0.25) is 4.79 Å². The number of hydrogen-bond acceptors (Lipinski definition) is 4. The molecule has 0 atom stereocenters. The van der Waals surface area contributed by atoms with Gasteiger partial charge in [0.15, 0.2) is 0 Å². The van der Waals surface area contributed by atoms with Crippen LogP contribution in [0, 0.1) is 0 Å². The highest BCUT2D eigenvalue weighted by atomic mass is 35.5. The van der Waals surface area contributed by atoms with Crippen molar-refractivity contribution in [2.75, 3.05) is 7.11 Å². The fraction of sp³-hybridized carbons (Fsp3) is 0.533. The summed E-state index contributed by atoms with van der Waals surface area (Å²) < 4.78 is 16.8. The maximum atomic E-state index is 11.6. The van der Waals surface area contributed by atoms with Gasteiger partial charge < -0.3 is 14.0 Å². The van der Waals surface area contributed by atoms with Gasteiger partial charge in [-0.25, -0.2) is 0 Å². The van der Waals surface area contributed by atoms with Gasteiger partial charge in [-0.15, -0.1) is 0 Å². The van der Waals surface area contributed by atoms with Crippen LogP contribution in [0.3, 0.4) is 0 Å². The molecule has 0 aliphatic carbocycles. The summed E-state index contributed by atoms with van der Waals surface area (Å²) in [7, 11) is 0.820. The molecule has 114 valence electrons. The van der Waals surface area contributed by atoms with Crippen LogP contribution in [0.25, 0.3) is 0 Å². The first kappa shape index (κ1) is 16.3. The zero-order valence-electron chi connectivity index (χ0n) is 13.0. The van der Waals surface area contributed by atoms with E-state index in [1.54, 1.807) is 18.2 Å². The molecule has 1 aromatic carbocycles. The first-order chi connectivity index (χ1) is 9.66. The van der Waals surface area contributed by atoms with Gasteiger partial charge in [0.1, 0.15) is 0 Å². The lowest BCUT2D eigenvalue weighted by molar-refractivity contribution is -0.139. The van der Waals surface area contributed by atoms with E-state index in [0.717, 1.165) is 11.0 Å². The van der Waals surface area contributed by atoms with Crippen molar-refractivity contribution in [1.82, 2.24) is 0 Å². The van der Waals surface area contributed by atoms with Crippen LogP contribution in [-0.2, 0) is 25.3 Å². The van der Waals surface area contributed by atoms with Crippen LogP contribution in [0.5, 0.6) is 0 Å². The highest BCUT2D eigenvalue weighted by molar-refractivity contribution is 6.63. The Morgan fingerprint density at radius 1 is 1.24 bits per heavy atom. The maximum absolute atomic E-state index is 11.6. The van der Waals surface area contributed by atoms with Gasteiger partial charge in [-0.1, -0.05) is 17.7 Å². The number of carbonyl (C=O) groups is 1. The Labute approximate surface area is 130 Å². The third-order valence-corrected chi connectivity index (χ3v) is 4.41. The lowest BCUT2D eigenvalue weighted by Crippen LogP contribution is -2.41. The minimum Gasteiger partial charge on any atom is -0.469 e. The van der Waals surface area contributed by atoms with Crippen LogP contribution in [0.4, 0.5) is 0 Å². The van der Waals surface area contributed by atoms with Crippen LogP contribution < -0.4 is 5.46 Å². The standard InChI is InChI=1S/C15H20BClO4/c1-14(2)15(3,4)21-16(20-14)12-9-11(17)7-6-10(12)8-13(18)19-5/h6-7,9H,8H2,1-5H3. The van der Waals surface area contributed by atoms with E-state index in [0.29, 0.717) is 5.02 Å². The Hall–Kier alpha value is -1.04. The van der Waals surface area contributed by atoms with Crippen molar-refractivity contribution in [1.29, 1.82) is 0 Å². The second kappa shape index (κ2) is 5.63. The molecule has 2 rings (SSSR count). The minimum atomic E-state index is -0.548. The molecule has 1 fully saturated rings. The van der Waals surface area contributed by atoms with Crippen molar-refractivity contribution in [3.8, 4) is 0 Å². The molecule has 1 aliphatic heterocycles. The van der Waals surface area contributed by atoms with Crippen LogP contribution in [0.15, 0.2) is 18.2 Å². The average Bonchev–Trinajstić information content (AvgIpc) is 2.60. The average molecular weight is 311 g/mol. The molecule has 0 N–H and O–H groups in total. The minimum absolute atomic E-state index is 0.160. The van der Waals surface area contributed by atoms with E-state index >= 15 is 0 Å². The Morgan fingerprint density at radius 3 is 2.33 bits per heavy atom. The van der Waals surface area contributed by atoms with Crippen LogP contribution in [-0.4, -0.2) is 31.4 Å². The predicted octanol–water partition coefficient (Wildman–Crippen LogP) is 2.35. The monoisotopic (exact) mass is 310 g/mol. The molecule has 0 radical (unpaired) electrons. The van der Waals surface area contributed by atoms with Crippen molar-refractivity contribution >= 4 is 30.2 Å². The summed E-state index contributed by atoms with van der Waals surface area (Å²) in [5, 5.41) is 0.577. The van der Waals surface area contributed by atoms with E-state index in [1.807, 2.05) is 27.7 Å². The molecular weight excluding hydrogens is 290 g/mol. The summed E-state index contributed by atoms with van der Waals surface area (Å²) in [6.45, 7) is 7.93. The second-order valence-electron chi connectivity index (χ2n) is 6.18. The number of rotatable bonds is 3. The highest BCUT2D eigenvalue weighted by Gasteiger charge is 2.52. The summed E-state index contributed by atoms with van der Waals surface area (Å²) >= 11 is 6.08. The summed E-state index contributed by atoms with van der Waals surface area (Å²) in [5.74, 6) is -0.310. The van der Waals surface area contributed by atoms with Gasteiger partial charge in [0.25, 0.3) is 0 Å². The number of esters is 1. The van der Waals surface area contributed by atoms with Gasteiger partial charge in [0.05, 0.1) is 24.7 Å². The number of halogens is 1. The lowest BCUT2D eigenvalue weighted by Gasteiger charge is -2.32. The molecule has 0 bridgehead atoms. The third kappa shape index (κ3) is 3.25. The Bertz CT molecular complexity index is 541. The molecule has 6 heteroatoms. The molecule has 0 spiro atoms. The number of ether oxygens (including phenoxy) is 1. The van der Waals surface area contributed by atoms with Crippen molar-refractivity contribution in [2.45, 2.75) is 45.3 Å². The molecule has 0 unspecified atom stereocenters. The van der Waals surface area contributed by atoms with Crippen molar-refractivity contribution in [2.24, 2.45) is 0 Å². The van der Waals surface area contributed by atoms with Crippen molar-refractivity contribution < 1.29 is 18.8 Å². The topological polar surface area (TPSA) is 44.8 Å². The van der Waals surface area contributed by atoms with Crippen molar-refractivity contribution in [3.63, 3.8) is 0 Å². The molecule has 0 amide bonds. The number of methoxy groups -OCH3 is 1. The first-order valence-electron chi connectivity index (χ1n) is 6.87. The van der Waals surface area contributed by atoms with Gasteiger partial charge in [-0.2, -0.15) is 0 Å². The summed E-state index contributed by atoms with van der Waals surface area (Å²) in [5.41, 5.74) is 0.682. The van der Waals surface area contributed by atoms with E-state index < -0.39 is 18.3 Å². The zero-order chi connectivity index (χ0) is 15.8. The normalized spacial score (nSPS) is 19.6. The third-order valence-electron chi connectivity index (χ3n) is 4.18. The van der Waals surface area contributed by atoms with Crippen LogP contribution in [0.2, 0.25) is 5.02 Å². The zero-order valence-corrected chi connectivity index (χ0v) is 13.8. The highest BCUT2D eigenvalue weighted by Crippen LogP contribution is 2.36.